The normalized spacial score (nSPS) is 10.1. The molecule has 1 aromatic heterocycles. The molecule has 0 bridgehead atoms. The van der Waals surface area contributed by atoms with Crippen LogP contribution in [0.4, 0.5) is 5.69 Å². The van der Waals surface area contributed by atoms with Crippen molar-refractivity contribution in [2.75, 3.05) is 12.4 Å². The van der Waals surface area contributed by atoms with Gasteiger partial charge < -0.3 is 15.8 Å². The highest BCUT2D eigenvalue weighted by Gasteiger charge is 2.06. The zero-order valence-electron chi connectivity index (χ0n) is 10.9. The molecule has 0 aliphatic rings. The van der Waals surface area contributed by atoms with Crippen LogP contribution in [0.3, 0.4) is 0 Å². The van der Waals surface area contributed by atoms with E-state index >= 15 is 0 Å². The summed E-state index contributed by atoms with van der Waals surface area (Å²) < 4.78 is 5.09. The van der Waals surface area contributed by atoms with Gasteiger partial charge in [0.1, 0.15) is 4.99 Å². The predicted molar refractivity (Wildman–Crippen MR) is 85.5 cm³/mol. The van der Waals surface area contributed by atoms with E-state index in [0.29, 0.717) is 22.4 Å². The lowest BCUT2D eigenvalue weighted by Crippen LogP contribution is -2.13. The maximum atomic E-state index is 5.95. The molecule has 4 nitrogen and oxygen atoms in total. The molecule has 2 rings (SSSR count). The number of methoxy groups -OCH3 is 1. The summed E-state index contributed by atoms with van der Waals surface area (Å²) in [5, 5.41) is 3.88. The topological polar surface area (TPSA) is 60.2 Å². The molecule has 20 heavy (non-hydrogen) atoms. The van der Waals surface area contributed by atoms with E-state index in [2.05, 4.69) is 10.3 Å². The van der Waals surface area contributed by atoms with Crippen LogP contribution in [-0.2, 0) is 6.54 Å². The van der Waals surface area contributed by atoms with Gasteiger partial charge in [0.25, 0.3) is 0 Å². The van der Waals surface area contributed by atoms with Crippen molar-refractivity contribution in [3.63, 3.8) is 0 Å². The van der Waals surface area contributed by atoms with Crippen LogP contribution in [0.2, 0.25) is 5.02 Å². The summed E-state index contributed by atoms with van der Waals surface area (Å²) in [6.45, 7) is 0.607. The van der Waals surface area contributed by atoms with Crippen LogP contribution >= 0.6 is 23.8 Å². The van der Waals surface area contributed by atoms with Gasteiger partial charge >= 0.3 is 0 Å². The number of nitrogens with one attached hydrogen (secondary N) is 1. The number of rotatable bonds is 5. The van der Waals surface area contributed by atoms with Crippen LogP contribution in [0.1, 0.15) is 11.1 Å². The first-order valence-electron chi connectivity index (χ1n) is 5.92. The van der Waals surface area contributed by atoms with Gasteiger partial charge in [-0.1, -0.05) is 23.8 Å². The van der Waals surface area contributed by atoms with Gasteiger partial charge in [-0.2, -0.15) is 0 Å². The first-order chi connectivity index (χ1) is 9.60. The summed E-state index contributed by atoms with van der Waals surface area (Å²) in [5.41, 5.74) is 8.32. The number of halogens is 1. The first kappa shape index (κ1) is 14.6. The smallest absolute Gasteiger partial charge is 0.213 e. The molecule has 0 aliphatic carbocycles. The molecule has 6 heteroatoms. The third-order valence-corrected chi connectivity index (χ3v) is 3.19. The molecule has 0 atom stereocenters. The second-order valence-electron chi connectivity index (χ2n) is 4.11. The van der Waals surface area contributed by atoms with Crippen molar-refractivity contribution >= 4 is 34.5 Å². The number of anilines is 1. The Morgan fingerprint density at radius 3 is 2.90 bits per heavy atom. The minimum absolute atomic E-state index is 0.308. The molecular weight excluding hydrogens is 294 g/mol. The molecule has 3 N–H and O–H groups in total. The summed E-state index contributed by atoms with van der Waals surface area (Å²) >= 11 is 11.0. The minimum Gasteiger partial charge on any atom is -0.481 e. The fourth-order valence-corrected chi connectivity index (χ4v) is 2.08. The van der Waals surface area contributed by atoms with E-state index in [1.54, 1.807) is 25.4 Å². The molecule has 2 aromatic rings. The first-order valence-corrected chi connectivity index (χ1v) is 6.71. The number of hydrogen-bond donors (Lipinski definition) is 2. The van der Waals surface area contributed by atoms with Crippen molar-refractivity contribution in [2.24, 2.45) is 5.73 Å². The van der Waals surface area contributed by atoms with E-state index in [4.69, 9.17) is 34.3 Å². The van der Waals surface area contributed by atoms with E-state index in [-0.39, 0.29) is 0 Å². The average molecular weight is 308 g/mol. The van der Waals surface area contributed by atoms with Gasteiger partial charge in [-0.15, -0.1) is 0 Å². The van der Waals surface area contributed by atoms with Crippen molar-refractivity contribution in [1.82, 2.24) is 4.98 Å². The van der Waals surface area contributed by atoms with Gasteiger partial charge in [-0.25, -0.2) is 4.98 Å². The van der Waals surface area contributed by atoms with E-state index < -0.39 is 0 Å². The molecule has 1 aromatic carbocycles. The van der Waals surface area contributed by atoms with E-state index in [9.17, 15) is 0 Å². The fraction of sp³-hybridized carbons (Fsp3) is 0.143. The number of nitrogens with zero attached hydrogens (tertiary/aromatic N) is 1. The zero-order chi connectivity index (χ0) is 14.5. The van der Waals surface area contributed by atoms with Crippen LogP contribution < -0.4 is 15.8 Å². The number of aromatic nitrogens is 1. The minimum atomic E-state index is 0.308. The molecule has 0 unspecified atom stereocenters. The number of nitrogens with two attached hydrogens (primary N) is 1. The number of benzene rings is 1. The molecule has 0 radical (unpaired) electrons. The Balaban J connectivity index is 2.16. The number of hydrogen-bond acceptors (Lipinski definition) is 4. The Labute approximate surface area is 127 Å². The SMILES string of the molecule is COc1cc(CNc2ccc(Cl)cc2C(N)=S)ccn1. The largest absolute Gasteiger partial charge is 0.481 e. The monoisotopic (exact) mass is 307 g/mol. The lowest BCUT2D eigenvalue weighted by atomic mass is 10.1. The second kappa shape index (κ2) is 6.54. The summed E-state index contributed by atoms with van der Waals surface area (Å²) in [5.74, 6) is 0.579. The lowest BCUT2D eigenvalue weighted by Gasteiger charge is -2.12. The van der Waals surface area contributed by atoms with Gasteiger partial charge in [0.15, 0.2) is 0 Å². The molecule has 104 valence electrons. The van der Waals surface area contributed by atoms with Gasteiger partial charge in [-0.3, -0.25) is 0 Å². The molecule has 0 saturated heterocycles. The third-order valence-electron chi connectivity index (χ3n) is 2.74. The van der Waals surface area contributed by atoms with E-state index in [1.165, 1.54) is 0 Å². The molecular formula is C14H14ClN3OS. The number of pyridine rings is 1. The summed E-state index contributed by atoms with van der Waals surface area (Å²) in [7, 11) is 1.59. The van der Waals surface area contributed by atoms with Crippen molar-refractivity contribution in [3.8, 4) is 5.88 Å². The van der Waals surface area contributed by atoms with Crippen LogP contribution in [0.5, 0.6) is 5.88 Å². The second-order valence-corrected chi connectivity index (χ2v) is 4.99. The lowest BCUT2D eigenvalue weighted by molar-refractivity contribution is 0.397. The van der Waals surface area contributed by atoms with Gasteiger partial charge in [-0.05, 0) is 29.8 Å². The molecule has 1 heterocycles. The zero-order valence-corrected chi connectivity index (χ0v) is 12.5. The summed E-state index contributed by atoms with van der Waals surface area (Å²) in [6.07, 6.45) is 1.70. The maximum Gasteiger partial charge on any atom is 0.213 e. The van der Waals surface area contributed by atoms with Gasteiger partial charge in [0.2, 0.25) is 5.88 Å². The Morgan fingerprint density at radius 2 is 2.20 bits per heavy atom. The summed E-state index contributed by atoms with van der Waals surface area (Å²) in [6, 6.07) is 9.17. The molecule has 0 aliphatic heterocycles. The fourth-order valence-electron chi connectivity index (χ4n) is 1.74. The van der Waals surface area contributed by atoms with Crippen LogP contribution in [-0.4, -0.2) is 17.1 Å². The number of thiocarbonyl (C=S) groups is 1. The van der Waals surface area contributed by atoms with Crippen molar-refractivity contribution in [1.29, 1.82) is 0 Å². The quantitative estimate of drug-likeness (QED) is 0.832. The molecule has 0 fully saturated rings. The van der Waals surface area contributed by atoms with Crippen LogP contribution in [0.15, 0.2) is 36.5 Å². The standard InChI is InChI=1S/C14H14ClN3OS/c1-19-13-6-9(4-5-17-13)8-18-12-3-2-10(15)7-11(12)14(16)20/h2-7,18H,8H2,1H3,(H2,16,20). The van der Waals surface area contributed by atoms with Crippen molar-refractivity contribution < 1.29 is 4.74 Å². The Morgan fingerprint density at radius 1 is 1.40 bits per heavy atom. The Bertz CT molecular complexity index is 634. The van der Waals surface area contributed by atoms with Crippen LogP contribution in [0, 0.1) is 0 Å². The highest BCUT2D eigenvalue weighted by Crippen LogP contribution is 2.21. The molecule has 0 amide bonds. The molecule has 0 spiro atoms. The number of ether oxygens (including phenoxy) is 1. The highest BCUT2D eigenvalue weighted by molar-refractivity contribution is 7.80. The third kappa shape index (κ3) is 3.59. The highest BCUT2D eigenvalue weighted by atomic mass is 35.5. The van der Waals surface area contributed by atoms with Gasteiger partial charge in [0.05, 0.1) is 7.11 Å². The Kier molecular flexibility index (Phi) is 4.76. The summed E-state index contributed by atoms with van der Waals surface area (Å²) in [4.78, 5) is 4.37. The maximum absolute atomic E-state index is 5.95. The van der Waals surface area contributed by atoms with Gasteiger partial charge in [0, 0.05) is 35.1 Å². The predicted octanol–water partition coefficient (Wildman–Crippen LogP) is 2.99. The average Bonchev–Trinajstić information content (AvgIpc) is 2.46. The van der Waals surface area contributed by atoms with Crippen LogP contribution in [0.25, 0.3) is 0 Å². The Hall–Kier alpha value is -1.85. The van der Waals surface area contributed by atoms with Crippen molar-refractivity contribution in [2.45, 2.75) is 6.54 Å². The van der Waals surface area contributed by atoms with E-state index in [1.807, 2.05) is 18.2 Å². The molecule has 0 saturated carbocycles. The van der Waals surface area contributed by atoms with E-state index in [0.717, 1.165) is 16.8 Å². The van der Waals surface area contributed by atoms with Crippen molar-refractivity contribution in [3.05, 3.63) is 52.7 Å².